The van der Waals surface area contributed by atoms with E-state index in [1.54, 1.807) is 0 Å². The van der Waals surface area contributed by atoms with E-state index in [1.165, 1.54) is 0 Å². The summed E-state index contributed by atoms with van der Waals surface area (Å²) in [5, 5.41) is 26.5. The van der Waals surface area contributed by atoms with Gasteiger partial charge in [0.2, 0.25) is 0 Å². The molecule has 14 heavy (non-hydrogen) atoms. The first kappa shape index (κ1) is 13.5. The SMILES string of the molecule is O=C[C@H](OC(=O)CBr)[C@@H](O)[C@H](O)CO. The van der Waals surface area contributed by atoms with Gasteiger partial charge in [0.25, 0.3) is 0 Å². The van der Waals surface area contributed by atoms with Gasteiger partial charge < -0.3 is 20.1 Å². The molecule has 0 aromatic carbocycles. The fourth-order valence-electron chi connectivity index (χ4n) is 0.688. The number of carbonyl (C=O) groups is 2. The molecule has 0 rings (SSSR count). The number of rotatable bonds is 6. The van der Waals surface area contributed by atoms with Crippen LogP contribution in [0.4, 0.5) is 0 Å². The van der Waals surface area contributed by atoms with Gasteiger partial charge in [-0.05, 0) is 0 Å². The molecule has 0 aliphatic carbocycles. The molecule has 0 aromatic heterocycles. The zero-order valence-corrected chi connectivity index (χ0v) is 8.75. The van der Waals surface area contributed by atoms with Crippen LogP contribution in [-0.2, 0) is 14.3 Å². The van der Waals surface area contributed by atoms with Crippen molar-refractivity contribution in [2.45, 2.75) is 18.3 Å². The highest BCUT2D eigenvalue weighted by Gasteiger charge is 2.28. The zero-order valence-electron chi connectivity index (χ0n) is 7.17. The van der Waals surface area contributed by atoms with E-state index in [0.717, 1.165) is 0 Å². The summed E-state index contributed by atoms with van der Waals surface area (Å²) in [5.74, 6) is -0.744. The minimum atomic E-state index is -1.62. The van der Waals surface area contributed by atoms with Gasteiger partial charge >= 0.3 is 5.97 Å². The van der Waals surface area contributed by atoms with Gasteiger partial charge in [-0.25, -0.2) is 0 Å². The van der Waals surface area contributed by atoms with Crippen molar-refractivity contribution in [1.82, 2.24) is 0 Å². The van der Waals surface area contributed by atoms with Crippen LogP contribution in [0.3, 0.4) is 0 Å². The molecule has 0 aliphatic heterocycles. The second-order valence-electron chi connectivity index (χ2n) is 2.46. The Morgan fingerprint density at radius 3 is 2.43 bits per heavy atom. The van der Waals surface area contributed by atoms with E-state index < -0.39 is 30.9 Å². The third-order valence-electron chi connectivity index (χ3n) is 1.43. The highest BCUT2D eigenvalue weighted by atomic mass is 79.9. The maximum atomic E-state index is 10.7. The molecule has 0 unspecified atom stereocenters. The zero-order chi connectivity index (χ0) is 11.1. The number of esters is 1. The van der Waals surface area contributed by atoms with Crippen LogP contribution in [-0.4, -0.2) is 57.8 Å². The van der Waals surface area contributed by atoms with Gasteiger partial charge in [-0.2, -0.15) is 0 Å². The molecule has 0 heterocycles. The van der Waals surface area contributed by atoms with Crippen molar-refractivity contribution < 1.29 is 29.6 Å². The lowest BCUT2D eigenvalue weighted by atomic mass is 10.1. The standard InChI is InChI=1S/C7H11BrO6/c8-1-6(12)14-5(3-10)7(13)4(11)2-9/h3-5,7,9,11,13H,1-2H2/t4-,5+,7+/m1/s1. The van der Waals surface area contributed by atoms with E-state index in [4.69, 9.17) is 10.2 Å². The van der Waals surface area contributed by atoms with Gasteiger partial charge in [0.05, 0.1) is 6.61 Å². The molecule has 0 aromatic rings. The average molecular weight is 271 g/mol. The third-order valence-corrected chi connectivity index (χ3v) is 1.89. The summed E-state index contributed by atoms with van der Waals surface area (Å²) >= 11 is 2.79. The first-order valence-corrected chi connectivity index (χ1v) is 4.86. The van der Waals surface area contributed by atoms with Crippen molar-refractivity contribution in [3.05, 3.63) is 0 Å². The van der Waals surface area contributed by atoms with E-state index in [1.807, 2.05) is 0 Å². The molecule has 7 heteroatoms. The summed E-state index contributed by atoms with van der Waals surface area (Å²) in [6.07, 6.45) is -4.43. The quantitative estimate of drug-likeness (QED) is 0.299. The molecular weight excluding hydrogens is 260 g/mol. The van der Waals surface area contributed by atoms with Crippen LogP contribution >= 0.6 is 15.9 Å². The molecular formula is C7H11BrO6. The largest absolute Gasteiger partial charge is 0.451 e. The van der Waals surface area contributed by atoms with E-state index in [2.05, 4.69) is 20.7 Å². The molecule has 0 saturated carbocycles. The Balaban J connectivity index is 4.25. The summed E-state index contributed by atoms with van der Waals surface area (Å²) in [7, 11) is 0. The number of halogens is 1. The van der Waals surface area contributed by atoms with Crippen LogP contribution in [0.5, 0.6) is 0 Å². The number of aliphatic hydroxyl groups excluding tert-OH is 3. The van der Waals surface area contributed by atoms with Crippen LogP contribution < -0.4 is 0 Å². The monoisotopic (exact) mass is 270 g/mol. The molecule has 0 bridgehead atoms. The van der Waals surface area contributed by atoms with Crippen LogP contribution in [0.1, 0.15) is 0 Å². The fourth-order valence-corrected chi connectivity index (χ4v) is 0.820. The van der Waals surface area contributed by atoms with E-state index in [-0.39, 0.29) is 11.6 Å². The Morgan fingerprint density at radius 2 is 2.07 bits per heavy atom. The highest BCUT2D eigenvalue weighted by Crippen LogP contribution is 2.03. The van der Waals surface area contributed by atoms with E-state index in [0.29, 0.717) is 0 Å². The molecule has 0 spiro atoms. The lowest BCUT2D eigenvalue weighted by Gasteiger charge is -2.21. The third kappa shape index (κ3) is 4.14. The van der Waals surface area contributed by atoms with Gasteiger partial charge in [-0.1, -0.05) is 15.9 Å². The summed E-state index contributed by atoms with van der Waals surface area (Å²) in [6.45, 7) is -0.725. The smallest absolute Gasteiger partial charge is 0.317 e. The number of hydrogen-bond donors (Lipinski definition) is 3. The Hall–Kier alpha value is -0.500. The normalized spacial score (nSPS) is 16.9. The minimum Gasteiger partial charge on any atom is -0.451 e. The molecule has 0 fully saturated rings. The van der Waals surface area contributed by atoms with Crippen LogP contribution in [0, 0.1) is 0 Å². The Kier molecular flexibility index (Phi) is 6.64. The number of carbonyl (C=O) groups excluding carboxylic acids is 2. The molecule has 0 saturated heterocycles. The molecule has 0 radical (unpaired) electrons. The number of hydrogen-bond acceptors (Lipinski definition) is 6. The maximum absolute atomic E-state index is 10.7. The molecule has 0 amide bonds. The maximum Gasteiger partial charge on any atom is 0.317 e. The van der Waals surface area contributed by atoms with Crippen LogP contribution in [0.2, 0.25) is 0 Å². The summed E-state index contributed by atoms with van der Waals surface area (Å²) in [4.78, 5) is 21.1. The molecule has 3 atom stereocenters. The lowest BCUT2D eigenvalue weighted by molar-refractivity contribution is -0.161. The van der Waals surface area contributed by atoms with Gasteiger partial charge in [-0.3, -0.25) is 9.59 Å². The van der Waals surface area contributed by atoms with Crippen molar-refractivity contribution in [3.63, 3.8) is 0 Å². The number of ether oxygens (including phenoxy) is 1. The lowest BCUT2D eigenvalue weighted by Crippen LogP contribution is -2.43. The second kappa shape index (κ2) is 6.88. The molecule has 6 nitrogen and oxygen atoms in total. The van der Waals surface area contributed by atoms with Crippen LogP contribution in [0.25, 0.3) is 0 Å². The Bertz CT molecular complexity index is 197. The van der Waals surface area contributed by atoms with Crippen molar-refractivity contribution in [1.29, 1.82) is 0 Å². The van der Waals surface area contributed by atoms with Crippen molar-refractivity contribution in [3.8, 4) is 0 Å². The predicted octanol–water partition coefficient (Wildman–Crippen LogP) is -1.79. The number of alkyl halides is 1. The average Bonchev–Trinajstić information content (AvgIpc) is 2.23. The van der Waals surface area contributed by atoms with Gasteiger partial charge in [0, 0.05) is 0 Å². The fraction of sp³-hybridized carbons (Fsp3) is 0.714. The first-order valence-electron chi connectivity index (χ1n) is 3.74. The number of aliphatic hydroxyl groups is 3. The number of aldehydes is 1. The molecule has 82 valence electrons. The van der Waals surface area contributed by atoms with Gasteiger partial charge in [-0.15, -0.1) is 0 Å². The Labute approximate surface area is 88.6 Å². The van der Waals surface area contributed by atoms with Gasteiger partial charge in [0.1, 0.15) is 17.5 Å². The second-order valence-corrected chi connectivity index (χ2v) is 3.03. The summed E-state index contributed by atoms with van der Waals surface area (Å²) in [5.41, 5.74) is 0. The van der Waals surface area contributed by atoms with Gasteiger partial charge in [0.15, 0.2) is 12.4 Å². The highest BCUT2D eigenvalue weighted by molar-refractivity contribution is 9.09. The van der Waals surface area contributed by atoms with Crippen molar-refractivity contribution in [2.75, 3.05) is 11.9 Å². The molecule has 0 aliphatic rings. The van der Waals surface area contributed by atoms with Crippen LogP contribution in [0.15, 0.2) is 0 Å². The first-order chi connectivity index (χ1) is 6.56. The Morgan fingerprint density at radius 1 is 1.50 bits per heavy atom. The molecule has 3 N–H and O–H groups in total. The minimum absolute atomic E-state index is 0.126. The summed E-state index contributed by atoms with van der Waals surface area (Å²) in [6, 6.07) is 0. The topological polar surface area (TPSA) is 104 Å². The van der Waals surface area contributed by atoms with E-state index in [9.17, 15) is 14.7 Å². The van der Waals surface area contributed by atoms with Crippen molar-refractivity contribution >= 4 is 28.2 Å². The predicted molar refractivity (Wildman–Crippen MR) is 48.8 cm³/mol. The van der Waals surface area contributed by atoms with Crippen molar-refractivity contribution in [2.24, 2.45) is 0 Å². The van der Waals surface area contributed by atoms with E-state index >= 15 is 0 Å². The summed E-state index contributed by atoms with van der Waals surface area (Å²) < 4.78 is 4.46.